The van der Waals surface area contributed by atoms with E-state index in [0.717, 1.165) is 18.9 Å². The average molecular weight is 166 g/mol. The van der Waals surface area contributed by atoms with Gasteiger partial charge in [0.1, 0.15) is 5.82 Å². The summed E-state index contributed by atoms with van der Waals surface area (Å²) in [5.74, 6) is 1.98. The summed E-state index contributed by atoms with van der Waals surface area (Å²) in [6.07, 6.45) is 6.23. The molecule has 1 heterocycles. The van der Waals surface area contributed by atoms with E-state index in [2.05, 4.69) is 36.5 Å². The van der Waals surface area contributed by atoms with Gasteiger partial charge in [0.2, 0.25) is 0 Å². The van der Waals surface area contributed by atoms with Gasteiger partial charge in [0.25, 0.3) is 0 Å². The molecule has 2 heteroatoms. The van der Waals surface area contributed by atoms with E-state index >= 15 is 0 Å². The predicted molar refractivity (Wildman–Crippen MR) is 51.1 cm³/mol. The molecule has 0 radical (unpaired) electrons. The molecule has 0 aromatic carbocycles. The van der Waals surface area contributed by atoms with Crippen LogP contribution in [-0.4, -0.2) is 9.55 Å². The first-order valence-electron chi connectivity index (χ1n) is 4.74. The van der Waals surface area contributed by atoms with E-state index in [4.69, 9.17) is 0 Å². The van der Waals surface area contributed by atoms with Gasteiger partial charge in [0, 0.05) is 25.4 Å². The fourth-order valence-electron chi connectivity index (χ4n) is 1.26. The first-order chi connectivity index (χ1) is 5.74. The van der Waals surface area contributed by atoms with E-state index < -0.39 is 0 Å². The van der Waals surface area contributed by atoms with E-state index in [-0.39, 0.29) is 0 Å². The Labute approximate surface area is 74.6 Å². The van der Waals surface area contributed by atoms with Crippen molar-refractivity contribution in [3.05, 3.63) is 18.2 Å². The van der Waals surface area contributed by atoms with Crippen LogP contribution < -0.4 is 0 Å². The minimum absolute atomic E-state index is 0.775. The fraction of sp³-hybridized carbons (Fsp3) is 0.700. The van der Waals surface area contributed by atoms with Gasteiger partial charge in [-0.15, -0.1) is 0 Å². The number of hydrogen-bond acceptors (Lipinski definition) is 1. The molecular formula is C10H18N2. The van der Waals surface area contributed by atoms with Crippen molar-refractivity contribution >= 4 is 0 Å². The highest BCUT2D eigenvalue weighted by Gasteiger charge is 2.00. The lowest BCUT2D eigenvalue weighted by molar-refractivity contribution is 0.506. The molecule has 0 spiro atoms. The van der Waals surface area contributed by atoms with Crippen LogP contribution in [0.25, 0.3) is 0 Å². The number of nitrogens with zero attached hydrogens (tertiary/aromatic N) is 2. The number of imidazole rings is 1. The third-order valence-electron chi connectivity index (χ3n) is 2.07. The Hall–Kier alpha value is -0.790. The Balaban J connectivity index is 2.50. The first-order valence-corrected chi connectivity index (χ1v) is 4.74. The second-order valence-corrected chi connectivity index (χ2v) is 3.57. The van der Waals surface area contributed by atoms with Crippen molar-refractivity contribution in [1.82, 2.24) is 9.55 Å². The maximum Gasteiger partial charge on any atom is 0.108 e. The van der Waals surface area contributed by atoms with Crippen LogP contribution in [0.1, 0.15) is 33.0 Å². The maximum absolute atomic E-state index is 4.28. The normalized spacial score (nSPS) is 11.0. The third-order valence-corrected chi connectivity index (χ3v) is 2.07. The predicted octanol–water partition coefficient (Wildman–Crippen LogP) is 2.49. The molecule has 0 aliphatic carbocycles. The summed E-state index contributed by atoms with van der Waals surface area (Å²) in [4.78, 5) is 4.28. The van der Waals surface area contributed by atoms with Crippen molar-refractivity contribution in [2.45, 2.75) is 40.2 Å². The summed E-state index contributed by atoms with van der Waals surface area (Å²) in [5, 5.41) is 0. The Kier molecular flexibility index (Phi) is 3.32. The molecule has 0 unspecified atom stereocenters. The van der Waals surface area contributed by atoms with Gasteiger partial charge in [-0.2, -0.15) is 0 Å². The molecule has 0 amide bonds. The van der Waals surface area contributed by atoms with Crippen LogP contribution in [0.2, 0.25) is 0 Å². The molecule has 68 valence electrons. The highest BCUT2D eigenvalue weighted by atomic mass is 15.1. The second-order valence-electron chi connectivity index (χ2n) is 3.57. The van der Waals surface area contributed by atoms with Crippen molar-refractivity contribution in [2.24, 2.45) is 5.92 Å². The van der Waals surface area contributed by atoms with E-state index in [1.807, 2.05) is 6.20 Å². The molecule has 1 aromatic heterocycles. The number of aromatic nitrogens is 2. The summed E-state index contributed by atoms with van der Waals surface area (Å²) in [6.45, 7) is 7.76. The molecule has 0 N–H and O–H groups in total. The maximum atomic E-state index is 4.28. The monoisotopic (exact) mass is 166 g/mol. The fourth-order valence-corrected chi connectivity index (χ4v) is 1.26. The van der Waals surface area contributed by atoms with Crippen molar-refractivity contribution in [2.75, 3.05) is 0 Å². The van der Waals surface area contributed by atoms with Crippen LogP contribution in [-0.2, 0) is 13.0 Å². The number of hydrogen-bond donors (Lipinski definition) is 0. The Morgan fingerprint density at radius 1 is 1.50 bits per heavy atom. The lowest BCUT2D eigenvalue weighted by atomic mass is 10.1. The van der Waals surface area contributed by atoms with Crippen LogP contribution in [0.3, 0.4) is 0 Å². The first kappa shape index (κ1) is 9.30. The molecule has 0 saturated carbocycles. The molecule has 0 bridgehead atoms. The van der Waals surface area contributed by atoms with Gasteiger partial charge >= 0.3 is 0 Å². The number of aryl methyl sites for hydroxylation is 2. The minimum atomic E-state index is 0.775. The van der Waals surface area contributed by atoms with E-state index in [1.54, 1.807) is 0 Å². The zero-order valence-electron chi connectivity index (χ0n) is 8.25. The van der Waals surface area contributed by atoms with Gasteiger partial charge in [0.15, 0.2) is 0 Å². The van der Waals surface area contributed by atoms with E-state index in [9.17, 15) is 0 Å². The van der Waals surface area contributed by atoms with Crippen molar-refractivity contribution in [3.8, 4) is 0 Å². The smallest absolute Gasteiger partial charge is 0.108 e. The highest BCUT2D eigenvalue weighted by Crippen LogP contribution is 2.05. The Morgan fingerprint density at radius 3 is 2.83 bits per heavy atom. The zero-order chi connectivity index (χ0) is 8.97. The SMILES string of the molecule is CCc1nccn1CCC(C)C. The van der Waals surface area contributed by atoms with Crippen LogP contribution in [0.5, 0.6) is 0 Å². The summed E-state index contributed by atoms with van der Waals surface area (Å²) in [6, 6.07) is 0. The summed E-state index contributed by atoms with van der Waals surface area (Å²) >= 11 is 0. The quantitative estimate of drug-likeness (QED) is 0.672. The molecule has 0 aliphatic rings. The molecule has 2 nitrogen and oxygen atoms in total. The molecule has 0 fully saturated rings. The van der Waals surface area contributed by atoms with Gasteiger partial charge in [0.05, 0.1) is 0 Å². The minimum Gasteiger partial charge on any atom is -0.335 e. The Morgan fingerprint density at radius 2 is 2.25 bits per heavy atom. The zero-order valence-corrected chi connectivity index (χ0v) is 8.25. The van der Waals surface area contributed by atoms with Gasteiger partial charge in [-0.3, -0.25) is 0 Å². The van der Waals surface area contributed by atoms with Crippen molar-refractivity contribution in [1.29, 1.82) is 0 Å². The summed E-state index contributed by atoms with van der Waals surface area (Å²) in [7, 11) is 0. The van der Waals surface area contributed by atoms with E-state index in [1.165, 1.54) is 12.2 Å². The highest BCUT2D eigenvalue weighted by molar-refractivity contribution is 4.91. The molecule has 1 rings (SSSR count). The topological polar surface area (TPSA) is 17.8 Å². The van der Waals surface area contributed by atoms with Crippen molar-refractivity contribution in [3.63, 3.8) is 0 Å². The molecule has 0 aliphatic heterocycles. The molecule has 1 aromatic rings. The van der Waals surface area contributed by atoms with Gasteiger partial charge < -0.3 is 4.57 Å². The van der Waals surface area contributed by atoms with E-state index in [0.29, 0.717) is 0 Å². The largest absolute Gasteiger partial charge is 0.335 e. The second kappa shape index (κ2) is 4.29. The standard InChI is InChI=1S/C10H18N2/c1-4-10-11-6-8-12(10)7-5-9(2)3/h6,8-9H,4-5,7H2,1-3H3. The van der Waals surface area contributed by atoms with Crippen molar-refractivity contribution < 1.29 is 0 Å². The van der Waals surface area contributed by atoms with Crippen LogP contribution in [0, 0.1) is 5.92 Å². The lowest BCUT2D eigenvalue weighted by Crippen LogP contribution is -2.04. The molecule has 0 atom stereocenters. The van der Waals surface area contributed by atoms with Gasteiger partial charge in [-0.1, -0.05) is 20.8 Å². The molecular weight excluding hydrogens is 148 g/mol. The number of rotatable bonds is 4. The Bertz CT molecular complexity index is 225. The summed E-state index contributed by atoms with van der Waals surface area (Å²) in [5.41, 5.74) is 0. The lowest BCUT2D eigenvalue weighted by Gasteiger charge is -2.07. The van der Waals surface area contributed by atoms with Crippen LogP contribution in [0.15, 0.2) is 12.4 Å². The van der Waals surface area contributed by atoms with Crippen LogP contribution >= 0.6 is 0 Å². The molecule has 12 heavy (non-hydrogen) atoms. The third kappa shape index (κ3) is 2.36. The van der Waals surface area contributed by atoms with Gasteiger partial charge in [-0.25, -0.2) is 4.98 Å². The van der Waals surface area contributed by atoms with Gasteiger partial charge in [-0.05, 0) is 12.3 Å². The molecule has 0 saturated heterocycles. The average Bonchev–Trinajstić information content (AvgIpc) is 2.47. The summed E-state index contributed by atoms with van der Waals surface area (Å²) < 4.78 is 2.25. The van der Waals surface area contributed by atoms with Crippen LogP contribution in [0.4, 0.5) is 0 Å².